The Hall–Kier alpha value is -2.76. The molecule has 1 heterocycles. The van der Waals surface area contributed by atoms with E-state index in [4.69, 9.17) is 4.74 Å². The number of allylic oxidation sites excluding steroid dienone is 1. The van der Waals surface area contributed by atoms with Crippen LogP contribution in [0.15, 0.2) is 54.7 Å². The van der Waals surface area contributed by atoms with E-state index in [-0.39, 0.29) is 11.9 Å². The van der Waals surface area contributed by atoms with Crippen molar-refractivity contribution >= 4 is 5.97 Å². The summed E-state index contributed by atoms with van der Waals surface area (Å²) in [6.07, 6.45) is 3.74. The standard InChI is InChI=1S/C32H42F3NO2/c1-6-38-31(37)30(18-23(4)5)28-20-26(24-9-11-29(12-10-24)32(33,34)35)19-27(21-28)25-13-16-36(17-14-25)15-7-8-22(2)3/h7,9-12,15,19-23,25,30H,6,8,13-14,16-18H2,1-5H3. The SMILES string of the molecule is CCOC(=O)C(CC(C)C)c1cc(-c2ccc(C(F)(F)F)cc2)cc(C2CCN(C=CCC(C)C)CC2)c1. The number of piperidine rings is 1. The second-order valence-corrected chi connectivity index (χ2v) is 11.2. The van der Waals surface area contributed by atoms with Crippen molar-refractivity contribution in [1.82, 2.24) is 4.90 Å². The predicted molar refractivity (Wildman–Crippen MR) is 148 cm³/mol. The first-order chi connectivity index (χ1) is 18.0. The number of alkyl halides is 3. The number of ether oxygens (including phenoxy) is 1. The maximum atomic E-state index is 13.2. The van der Waals surface area contributed by atoms with Crippen molar-refractivity contribution < 1.29 is 22.7 Å². The van der Waals surface area contributed by atoms with Crippen molar-refractivity contribution in [2.24, 2.45) is 11.8 Å². The highest BCUT2D eigenvalue weighted by Gasteiger charge is 2.30. The fraction of sp³-hybridized carbons (Fsp3) is 0.531. The van der Waals surface area contributed by atoms with E-state index in [9.17, 15) is 18.0 Å². The minimum Gasteiger partial charge on any atom is -0.466 e. The molecular weight excluding hydrogens is 487 g/mol. The number of nitrogens with zero attached hydrogens (tertiary/aromatic N) is 1. The number of hydrogen-bond donors (Lipinski definition) is 0. The maximum Gasteiger partial charge on any atom is 0.416 e. The highest BCUT2D eigenvalue weighted by atomic mass is 19.4. The molecule has 0 aromatic heterocycles. The first kappa shape index (κ1) is 29.8. The van der Waals surface area contributed by atoms with Gasteiger partial charge in [-0.15, -0.1) is 0 Å². The molecule has 208 valence electrons. The normalized spacial score (nSPS) is 16.0. The summed E-state index contributed by atoms with van der Waals surface area (Å²) in [6.45, 7) is 12.6. The van der Waals surface area contributed by atoms with Crippen LogP contribution in [0.2, 0.25) is 0 Å². The second-order valence-electron chi connectivity index (χ2n) is 11.2. The van der Waals surface area contributed by atoms with Crippen LogP contribution >= 0.6 is 0 Å². The molecule has 0 spiro atoms. The monoisotopic (exact) mass is 529 g/mol. The van der Waals surface area contributed by atoms with Crippen molar-refractivity contribution in [3.05, 3.63) is 71.4 Å². The van der Waals surface area contributed by atoms with Gasteiger partial charge in [0.25, 0.3) is 0 Å². The van der Waals surface area contributed by atoms with Crippen LogP contribution in [-0.2, 0) is 15.7 Å². The molecule has 1 saturated heterocycles. The topological polar surface area (TPSA) is 29.5 Å². The summed E-state index contributed by atoms with van der Waals surface area (Å²) in [4.78, 5) is 15.4. The molecule has 1 atom stereocenters. The quantitative estimate of drug-likeness (QED) is 0.288. The van der Waals surface area contributed by atoms with Crippen molar-refractivity contribution in [2.45, 2.75) is 78.3 Å². The molecule has 0 aliphatic carbocycles. The summed E-state index contributed by atoms with van der Waals surface area (Å²) >= 11 is 0. The van der Waals surface area contributed by atoms with Crippen LogP contribution < -0.4 is 0 Å². The summed E-state index contributed by atoms with van der Waals surface area (Å²) in [5.74, 6) is 0.570. The van der Waals surface area contributed by atoms with E-state index in [1.165, 1.54) is 12.1 Å². The van der Waals surface area contributed by atoms with E-state index in [2.05, 4.69) is 57.0 Å². The molecular formula is C32H42F3NO2. The minimum absolute atomic E-state index is 0.248. The van der Waals surface area contributed by atoms with Crippen LogP contribution in [0.25, 0.3) is 11.1 Å². The van der Waals surface area contributed by atoms with Crippen LogP contribution in [0.5, 0.6) is 0 Å². The molecule has 38 heavy (non-hydrogen) atoms. The van der Waals surface area contributed by atoms with E-state index in [1.807, 2.05) is 6.07 Å². The largest absolute Gasteiger partial charge is 0.466 e. The maximum absolute atomic E-state index is 13.2. The van der Waals surface area contributed by atoms with Crippen LogP contribution in [0.4, 0.5) is 13.2 Å². The van der Waals surface area contributed by atoms with Gasteiger partial charge in [0.05, 0.1) is 18.1 Å². The molecule has 6 heteroatoms. The zero-order valence-electron chi connectivity index (χ0n) is 23.4. The van der Waals surface area contributed by atoms with Crippen LogP contribution in [0.3, 0.4) is 0 Å². The molecule has 1 fully saturated rings. The predicted octanol–water partition coefficient (Wildman–Crippen LogP) is 8.80. The zero-order valence-corrected chi connectivity index (χ0v) is 23.4. The fourth-order valence-corrected chi connectivity index (χ4v) is 5.08. The number of carbonyl (C=O) groups excluding carboxylic acids is 1. The molecule has 0 bridgehead atoms. The average molecular weight is 530 g/mol. The van der Waals surface area contributed by atoms with Gasteiger partial charge in [0.15, 0.2) is 0 Å². The third kappa shape index (κ3) is 8.37. The Morgan fingerprint density at radius 3 is 2.21 bits per heavy atom. The Kier molecular flexibility index (Phi) is 10.5. The van der Waals surface area contributed by atoms with Gasteiger partial charge in [-0.3, -0.25) is 4.79 Å². The van der Waals surface area contributed by atoms with E-state index in [1.54, 1.807) is 6.92 Å². The Bertz CT molecular complexity index is 1070. The van der Waals surface area contributed by atoms with Gasteiger partial charge in [-0.2, -0.15) is 13.2 Å². The lowest BCUT2D eigenvalue weighted by Gasteiger charge is -2.32. The van der Waals surface area contributed by atoms with E-state index < -0.39 is 17.7 Å². The van der Waals surface area contributed by atoms with Crippen LogP contribution in [0, 0.1) is 11.8 Å². The molecule has 2 aromatic carbocycles. The van der Waals surface area contributed by atoms with E-state index in [0.717, 1.165) is 61.2 Å². The second kappa shape index (κ2) is 13.3. The molecule has 1 aliphatic rings. The molecule has 1 aliphatic heterocycles. The number of hydrogen-bond acceptors (Lipinski definition) is 3. The van der Waals surface area contributed by atoms with Gasteiger partial charge in [0.2, 0.25) is 0 Å². The molecule has 1 unspecified atom stereocenters. The van der Waals surface area contributed by atoms with Crippen molar-refractivity contribution in [1.29, 1.82) is 0 Å². The lowest BCUT2D eigenvalue weighted by Crippen LogP contribution is -2.28. The molecule has 0 amide bonds. The number of rotatable bonds is 10. The summed E-state index contributed by atoms with van der Waals surface area (Å²) < 4.78 is 44.9. The van der Waals surface area contributed by atoms with Gasteiger partial charge >= 0.3 is 12.1 Å². The Morgan fingerprint density at radius 2 is 1.66 bits per heavy atom. The van der Waals surface area contributed by atoms with Gasteiger partial charge in [-0.25, -0.2) is 0 Å². The number of halogens is 3. The lowest BCUT2D eigenvalue weighted by atomic mass is 9.82. The molecule has 3 rings (SSSR count). The smallest absolute Gasteiger partial charge is 0.416 e. The number of likely N-dealkylation sites (tertiary alicyclic amines) is 1. The van der Waals surface area contributed by atoms with Crippen molar-refractivity contribution in [3.8, 4) is 11.1 Å². The Labute approximate surface area is 226 Å². The first-order valence-electron chi connectivity index (χ1n) is 13.9. The van der Waals surface area contributed by atoms with Gasteiger partial charge in [-0.1, -0.05) is 64.1 Å². The van der Waals surface area contributed by atoms with Gasteiger partial charge in [-0.05, 0) is 90.9 Å². The molecule has 0 N–H and O–H groups in total. The lowest BCUT2D eigenvalue weighted by molar-refractivity contribution is -0.145. The molecule has 3 nitrogen and oxygen atoms in total. The summed E-state index contributed by atoms with van der Waals surface area (Å²) in [7, 11) is 0. The van der Waals surface area contributed by atoms with Crippen LogP contribution in [0.1, 0.15) is 88.8 Å². The van der Waals surface area contributed by atoms with Gasteiger partial charge < -0.3 is 9.64 Å². The van der Waals surface area contributed by atoms with E-state index >= 15 is 0 Å². The number of carbonyl (C=O) groups is 1. The summed E-state index contributed by atoms with van der Waals surface area (Å²) in [5, 5.41) is 0. The fourth-order valence-electron chi connectivity index (χ4n) is 5.08. The highest BCUT2D eigenvalue weighted by molar-refractivity contribution is 5.79. The summed E-state index contributed by atoms with van der Waals surface area (Å²) in [5.41, 5.74) is 2.90. The Balaban J connectivity index is 1.96. The molecule has 0 radical (unpaired) electrons. The van der Waals surface area contributed by atoms with Gasteiger partial charge in [0.1, 0.15) is 0 Å². The first-order valence-corrected chi connectivity index (χ1v) is 13.9. The van der Waals surface area contributed by atoms with E-state index in [0.29, 0.717) is 30.4 Å². The van der Waals surface area contributed by atoms with Crippen molar-refractivity contribution in [3.63, 3.8) is 0 Å². The average Bonchev–Trinajstić information content (AvgIpc) is 2.87. The number of esters is 1. The minimum atomic E-state index is -4.38. The van der Waals surface area contributed by atoms with Crippen LogP contribution in [-0.4, -0.2) is 30.6 Å². The highest BCUT2D eigenvalue weighted by Crippen LogP contribution is 2.37. The molecule has 2 aromatic rings. The van der Waals surface area contributed by atoms with Crippen molar-refractivity contribution in [2.75, 3.05) is 19.7 Å². The molecule has 0 saturated carbocycles. The summed E-state index contributed by atoms with van der Waals surface area (Å²) in [6, 6.07) is 11.5. The third-order valence-electron chi connectivity index (χ3n) is 7.13. The third-order valence-corrected chi connectivity index (χ3v) is 7.13. The van der Waals surface area contributed by atoms with Gasteiger partial charge in [0, 0.05) is 13.1 Å². The number of benzene rings is 2. The zero-order chi connectivity index (χ0) is 27.9. The Morgan fingerprint density at radius 1 is 1.00 bits per heavy atom.